The largest absolute Gasteiger partial charge is 0.462 e. The summed E-state index contributed by atoms with van der Waals surface area (Å²) in [6.45, 7) is 0.753. The first-order valence-electron chi connectivity index (χ1n) is 8.18. The lowest BCUT2D eigenvalue weighted by molar-refractivity contribution is -0.00324. The minimum atomic E-state index is -0.303. The van der Waals surface area contributed by atoms with E-state index in [-0.39, 0.29) is 23.8 Å². The molecule has 1 aliphatic rings. The Hall–Kier alpha value is -2.62. The SMILES string of the molecule is O=C(OC[C@@H]1CC[C@H]1COC(=O)c1ccccc1)c1ccccc1. The van der Waals surface area contributed by atoms with Gasteiger partial charge in [0.1, 0.15) is 0 Å². The highest BCUT2D eigenvalue weighted by Gasteiger charge is 2.33. The summed E-state index contributed by atoms with van der Waals surface area (Å²) in [6.07, 6.45) is 1.99. The number of rotatable bonds is 6. The molecule has 0 radical (unpaired) electrons. The van der Waals surface area contributed by atoms with Crippen LogP contribution in [0.4, 0.5) is 0 Å². The van der Waals surface area contributed by atoms with E-state index in [0.717, 1.165) is 12.8 Å². The van der Waals surface area contributed by atoms with Crippen molar-refractivity contribution in [3.8, 4) is 0 Å². The Kier molecular flexibility index (Phi) is 5.26. The molecule has 2 aromatic rings. The number of carbonyl (C=O) groups excluding carboxylic acids is 2. The van der Waals surface area contributed by atoms with Crippen LogP contribution in [0.2, 0.25) is 0 Å². The second kappa shape index (κ2) is 7.77. The first kappa shape index (κ1) is 16.2. The summed E-state index contributed by atoms with van der Waals surface area (Å²) in [7, 11) is 0. The molecule has 2 atom stereocenters. The van der Waals surface area contributed by atoms with E-state index >= 15 is 0 Å². The average Bonchev–Trinajstić information content (AvgIpc) is 2.62. The van der Waals surface area contributed by atoms with E-state index < -0.39 is 0 Å². The Morgan fingerprint density at radius 2 is 1.08 bits per heavy atom. The summed E-state index contributed by atoms with van der Waals surface area (Å²) >= 11 is 0. The first-order valence-corrected chi connectivity index (χ1v) is 8.18. The van der Waals surface area contributed by atoms with Gasteiger partial charge < -0.3 is 9.47 Å². The summed E-state index contributed by atoms with van der Waals surface area (Å²) in [5, 5.41) is 0. The van der Waals surface area contributed by atoms with Gasteiger partial charge in [-0.05, 0) is 48.9 Å². The minimum Gasteiger partial charge on any atom is -0.462 e. The smallest absolute Gasteiger partial charge is 0.338 e. The molecule has 3 rings (SSSR count). The second-order valence-electron chi connectivity index (χ2n) is 6.03. The van der Waals surface area contributed by atoms with Crippen LogP contribution in [-0.2, 0) is 9.47 Å². The number of ether oxygens (including phenoxy) is 2. The van der Waals surface area contributed by atoms with Crippen LogP contribution in [-0.4, -0.2) is 25.2 Å². The summed E-state index contributed by atoms with van der Waals surface area (Å²) in [5.74, 6) is -0.0764. The fraction of sp³-hybridized carbons (Fsp3) is 0.300. The highest BCUT2D eigenvalue weighted by Crippen LogP contribution is 2.35. The maximum absolute atomic E-state index is 11.9. The van der Waals surface area contributed by atoms with Crippen molar-refractivity contribution in [1.29, 1.82) is 0 Å². The number of hydrogen-bond donors (Lipinski definition) is 0. The Bertz CT molecular complexity index is 620. The molecule has 0 N–H and O–H groups in total. The molecule has 0 bridgehead atoms. The molecule has 1 aliphatic carbocycles. The van der Waals surface area contributed by atoms with Crippen LogP contribution in [0.5, 0.6) is 0 Å². The van der Waals surface area contributed by atoms with Gasteiger partial charge in [-0.2, -0.15) is 0 Å². The predicted octanol–water partition coefficient (Wildman–Crippen LogP) is 3.73. The van der Waals surface area contributed by atoms with Crippen LogP contribution >= 0.6 is 0 Å². The van der Waals surface area contributed by atoms with Crippen LogP contribution in [0.25, 0.3) is 0 Å². The molecule has 0 aliphatic heterocycles. The summed E-state index contributed by atoms with van der Waals surface area (Å²) in [6, 6.07) is 17.9. The molecule has 0 amide bonds. The molecule has 4 nitrogen and oxygen atoms in total. The van der Waals surface area contributed by atoms with Crippen molar-refractivity contribution in [3.05, 3.63) is 71.8 Å². The van der Waals surface area contributed by atoms with Gasteiger partial charge in [-0.1, -0.05) is 36.4 Å². The van der Waals surface area contributed by atoms with E-state index in [9.17, 15) is 9.59 Å². The molecule has 124 valence electrons. The second-order valence-corrected chi connectivity index (χ2v) is 6.03. The molecule has 1 fully saturated rings. The third-order valence-electron chi connectivity index (χ3n) is 4.45. The quantitative estimate of drug-likeness (QED) is 0.760. The standard InChI is InChI=1S/C20H20O4/c21-19(15-7-3-1-4-8-15)23-13-17-11-12-18(17)14-24-20(22)16-9-5-2-6-10-16/h1-10,17-18H,11-14H2/t17-,18-/m0/s1. The zero-order valence-corrected chi connectivity index (χ0v) is 13.4. The summed E-state index contributed by atoms with van der Waals surface area (Å²) in [4.78, 5) is 23.9. The fourth-order valence-corrected chi connectivity index (χ4v) is 2.76. The topological polar surface area (TPSA) is 52.6 Å². The van der Waals surface area contributed by atoms with E-state index in [1.54, 1.807) is 24.3 Å². The van der Waals surface area contributed by atoms with E-state index in [0.29, 0.717) is 24.3 Å². The number of esters is 2. The zero-order chi connectivity index (χ0) is 16.8. The van der Waals surface area contributed by atoms with Gasteiger partial charge in [0.2, 0.25) is 0 Å². The van der Waals surface area contributed by atoms with Crippen molar-refractivity contribution >= 4 is 11.9 Å². The van der Waals surface area contributed by atoms with Gasteiger partial charge in [-0.15, -0.1) is 0 Å². The van der Waals surface area contributed by atoms with E-state index in [1.807, 2.05) is 36.4 Å². The molecule has 0 unspecified atom stereocenters. The van der Waals surface area contributed by atoms with Gasteiger partial charge in [-0.25, -0.2) is 9.59 Å². The molecule has 1 saturated carbocycles. The number of carbonyl (C=O) groups is 2. The van der Waals surface area contributed by atoms with Gasteiger partial charge in [0.05, 0.1) is 24.3 Å². The Morgan fingerprint density at radius 3 is 1.42 bits per heavy atom. The predicted molar refractivity (Wildman–Crippen MR) is 89.7 cm³/mol. The summed E-state index contributed by atoms with van der Waals surface area (Å²) in [5.41, 5.74) is 1.12. The number of hydrogen-bond acceptors (Lipinski definition) is 4. The molecule has 0 spiro atoms. The Balaban J connectivity index is 1.42. The normalized spacial score (nSPS) is 19.2. The van der Waals surface area contributed by atoms with Crippen molar-refractivity contribution in [2.24, 2.45) is 11.8 Å². The lowest BCUT2D eigenvalue weighted by Crippen LogP contribution is -2.34. The zero-order valence-electron chi connectivity index (χ0n) is 13.4. The van der Waals surface area contributed by atoms with Crippen LogP contribution in [0.3, 0.4) is 0 Å². The van der Waals surface area contributed by atoms with E-state index in [2.05, 4.69) is 0 Å². The van der Waals surface area contributed by atoms with Crippen LogP contribution in [0.1, 0.15) is 33.6 Å². The Morgan fingerprint density at radius 1 is 0.708 bits per heavy atom. The van der Waals surface area contributed by atoms with Crippen LogP contribution < -0.4 is 0 Å². The van der Waals surface area contributed by atoms with Crippen molar-refractivity contribution < 1.29 is 19.1 Å². The first-order chi connectivity index (χ1) is 11.7. The molecule has 0 heterocycles. The minimum absolute atomic E-state index is 0.265. The maximum Gasteiger partial charge on any atom is 0.338 e. The van der Waals surface area contributed by atoms with Gasteiger partial charge in [-0.3, -0.25) is 0 Å². The van der Waals surface area contributed by atoms with Crippen molar-refractivity contribution in [2.75, 3.05) is 13.2 Å². The lowest BCUT2D eigenvalue weighted by atomic mass is 9.74. The summed E-state index contributed by atoms with van der Waals surface area (Å²) < 4.78 is 10.7. The average molecular weight is 324 g/mol. The van der Waals surface area contributed by atoms with Gasteiger partial charge in [0, 0.05) is 0 Å². The van der Waals surface area contributed by atoms with Crippen molar-refractivity contribution in [1.82, 2.24) is 0 Å². The molecule has 24 heavy (non-hydrogen) atoms. The third-order valence-corrected chi connectivity index (χ3v) is 4.45. The molecule has 2 aromatic carbocycles. The highest BCUT2D eigenvalue weighted by atomic mass is 16.5. The molecular formula is C20H20O4. The van der Waals surface area contributed by atoms with Crippen molar-refractivity contribution in [3.63, 3.8) is 0 Å². The molecule has 0 saturated heterocycles. The van der Waals surface area contributed by atoms with Gasteiger partial charge in [0.25, 0.3) is 0 Å². The van der Waals surface area contributed by atoms with Gasteiger partial charge >= 0.3 is 11.9 Å². The monoisotopic (exact) mass is 324 g/mol. The maximum atomic E-state index is 11.9. The third kappa shape index (κ3) is 4.02. The molecular weight excluding hydrogens is 304 g/mol. The lowest BCUT2D eigenvalue weighted by Gasteiger charge is -2.35. The highest BCUT2D eigenvalue weighted by molar-refractivity contribution is 5.89. The fourth-order valence-electron chi connectivity index (χ4n) is 2.76. The van der Waals surface area contributed by atoms with Crippen molar-refractivity contribution in [2.45, 2.75) is 12.8 Å². The van der Waals surface area contributed by atoms with Gasteiger partial charge in [0.15, 0.2) is 0 Å². The Labute approximate surface area is 141 Å². The number of benzene rings is 2. The van der Waals surface area contributed by atoms with E-state index in [4.69, 9.17) is 9.47 Å². The molecule has 4 heteroatoms. The van der Waals surface area contributed by atoms with E-state index in [1.165, 1.54) is 0 Å². The van der Waals surface area contributed by atoms with Crippen LogP contribution in [0, 0.1) is 11.8 Å². The molecule has 0 aromatic heterocycles. The van der Waals surface area contributed by atoms with Crippen LogP contribution in [0.15, 0.2) is 60.7 Å².